The Morgan fingerprint density at radius 3 is 1.04 bits per heavy atom. The van der Waals surface area contributed by atoms with Crippen LogP contribution in [0, 0.1) is 0 Å². The maximum absolute atomic E-state index is 13.1. The first-order chi connectivity index (χ1) is 38.3. The largest absolute Gasteiger partial charge is 0.394 e. The van der Waals surface area contributed by atoms with Crippen LogP contribution in [-0.2, 0) is 14.3 Å². The Morgan fingerprint density at radius 2 is 0.718 bits per heavy atom. The van der Waals surface area contributed by atoms with Gasteiger partial charge < -0.3 is 40.3 Å². The summed E-state index contributed by atoms with van der Waals surface area (Å²) in [6, 6.07) is -0.717. The highest BCUT2D eigenvalue weighted by Gasteiger charge is 2.44. The van der Waals surface area contributed by atoms with E-state index in [-0.39, 0.29) is 12.5 Å². The number of rotatable bonds is 62. The lowest BCUT2D eigenvalue weighted by atomic mass is 9.99. The highest BCUT2D eigenvalue weighted by atomic mass is 16.7. The second-order valence-corrected chi connectivity index (χ2v) is 24.7. The lowest BCUT2D eigenvalue weighted by molar-refractivity contribution is -0.302. The SMILES string of the molecule is CCCCCCCCCCCCCC/C=C\CCCCCCCCCCCCCCCCCCC(=O)NC(COC1OC(CO)C(O)C(O)C1O)C(O)CCCCCCCCCCCCCCCCCCCCCCCCC. The van der Waals surface area contributed by atoms with Gasteiger partial charge in [-0.3, -0.25) is 4.79 Å². The number of allylic oxidation sites excluding steroid dienone is 2. The Hall–Kier alpha value is -1.07. The van der Waals surface area contributed by atoms with Gasteiger partial charge in [0, 0.05) is 6.42 Å². The lowest BCUT2D eigenvalue weighted by Crippen LogP contribution is -2.60. The van der Waals surface area contributed by atoms with Crippen LogP contribution < -0.4 is 5.32 Å². The van der Waals surface area contributed by atoms with Gasteiger partial charge in [0.25, 0.3) is 0 Å². The molecule has 0 spiro atoms. The fraction of sp³-hybridized carbons (Fsp3) is 0.957. The van der Waals surface area contributed by atoms with Crippen LogP contribution >= 0.6 is 0 Å². The van der Waals surface area contributed by atoms with Crippen molar-refractivity contribution >= 4 is 5.91 Å². The minimum absolute atomic E-state index is 0.132. The van der Waals surface area contributed by atoms with E-state index in [1.807, 2.05) is 0 Å². The third-order valence-electron chi connectivity index (χ3n) is 17.1. The molecule has 9 heteroatoms. The zero-order chi connectivity index (χ0) is 56.5. The molecule has 9 nitrogen and oxygen atoms in total. The number of nitrogens with one attached hydrogen (secondary N) is 1. The Labute approximate surface area is 484 Å². The Kier molecular flexibility index (Phi) is 56.8. The maximum atomic E-state index is 13.1. The molecule has 1 rings (SSSR count). The van der Waals surface area contributed by atoms with Gasteiger partial charge in [0.2, 0.25) is 5.91 Å². The molecule has 0 bridgehead atoms. The van der Waals surface area contributed by atoms with Crippen molar-refractivity contribution in [2.45, 2.75) is 410 Å². The smallest absolute Gasteiger partial charge is 0.220 e. The molecule has 1 aliphatic heterocycles. The van der Waals surface area contributed by atoms with Crippen molar-refractivity contribution in [2.24, 2.45) is 0 Å². The highest BCUT2D eigenvalue weighted by Crippen LogP contribution is 2.24. The van der Waals surface area contributed by atoms with Gasteiger partial charge in [-0.25, -0.2) is 0 Å². The summed E-state index contributed by atoms with van der Waals surface area (Å²) in [6.45, 7) is 3.90. The summed E-state index contributed by atoms with van der Waals surface area (Å²) in [4.78, 5) is 13.1. The van der Waals surface area contributed by atoms with Crippen molar-refractivity contribution in [3.05, 3.63) is 12.2 Å². The topological polar surface area (TPSA) is 149 Å². The van der Waals surface area contributed by atoms with Crippen molar-refractivity contribution in [2.75, 3.05) is 13.2 Å². The molecule has 0 aromatic heterocycles. The van der Waals surface area contributed by atoms with E-state index >= 15 is 0 Å². The fourth-order valence-electron chi connectivity index (χ4n) is 11.6. The first-order valence-electron chi connectivity index (χ1n) is 34.9. The molecule has 6 N–H and O–H groups in total. The van der Waals surface area contributed by atoms with Crippen LogP contribution in [0.3, 0.4) is 0 Å². The quantitative estimate of drug-likeness (QED) is 0.0261. The number of hydrogen-bond donors (Lipinski definition) is 6. The summed E-state index contributed by atoms with van der Waals surface area (Å²) in [5.41, 5.74) is 0. The molecule has 1 aliphatic rings. The molecule has 1 heterocycles. The van der Waals surface area contributed by atoms with Gasteiger partial charge in [-0.05, 0) is 38.5 Å². The molecular formula is C69H135NO8. The Balaban J connectivity index is 2.09. The summed E-state index contributed by atoms with van der Waals surface area (Å²) in [6.07, 6.45) is 68.5. The van der Waals surface area contributed by atoms with Crippen LogP contribution in [0.5, 0.6) is 0 Å². The summed E-state index contributed by atoms with van der Waals surface area (Å²) >= 11 is 0. The normalized spacial score (nSPS) is 18.6. The second-order valence-electron chi connectivity index (χ2n) is 24.7. The van der Waals surface area contributed by atoms with Crippen LogP contribution in [0.25, 0.3) is 0 Å². The van der Waals surface area contributed by atoms with Crippen LogP contribution in [0.2, 0.25) is 0 Å². The van der Waals surface area contributed by atoms with E-state index in [1.54, 1.807) is 0 Å². The Morgan fingerprint density at radius 1 is 0.423 bits per heavy atom. The van der Waals surface area contributed by atoms with Crippen LogP contribution in [0.1, 0.15) is 367 Å². The van der Waals surface area contributed by atoms with Crippen LogP contribution in [-0.4, -0.2) is 87.5 Å². The molecule has 464 valence electrons. The number of ether oxygens (including phenoxy) is 2. The number of aliphatic hydroxyl groups excluding tert-OH is 5. The third kappa shape index (κ3) is 47.4. The lowest BCUT2D eigenvalue weighted by Gasteiger charge is -2.40. The van der Waals surface area contributed by atoms with E-state index in [0.29, 0.717) is 12.8 Å². The van der Waals surface area contributed by atoms with E-state index in [0.717, 1.165) is 38.5 Å². The predicted molar refractivity (Wildman–Crippen MR) is 332 cm³/mol. The van der Waals surface area contributed by atoms with Gasteiger partial charge in [0.1, 0.15) is 24.4 Å². The van der Waals surface area contributed by atoms with Crippen molar-refractivity contribution in [3.8, 4) is 0 Å². The highest BCUT2D eigenvalue weighted by molar-refractivity contribution is 5.76. The summed E-state index contributed by atoms with van der Waals surface area (Å²) in [5, 5.41) is 54.9. The first-order valence-corrected chi connectivity index (χ1v) is 34.9. The predicted octanol–water partition coefficient (Wildman–Crippen LogP) is 18.7. The van der Waals surface area contributed by atoms with Gasteiger partial charge in [-0.1, -0.05) is 334 Å². The average molecular weight is 1110 g/mol. The number of carbonyl (C=O) groups excluding carboxylic acids is 1. The molecule has 7 unspecified atom stereocenters. The minimum atomic E-state index is -1.55. The zero-order valence-corrected chi connectivity index (χ0v) is 52.0. The minimum Gasteiger partial charge on any atom is -0.394 e. The molecule has 1 fully saturated rings. The Bertz CT molecular complexity index is 1240. The molecule has 0 aromatic rings. The molecule has 0 saturated carbocycles. The summed E-state index contributed by atoms with van der Waals surface area (Å²) < 4.78 is 11.4. The van der Waals surface area contributed by atoms with Gasteiger partial charge in [-0.15, -0.1) is 0 Å². The zero-order valence-electron chi connectivity index (χ0n) is 52.0. The fourth-order valence-corrected chi connectivity index (χ4v) is 11.6. The van der Waals surface area contributed by atoms with E-state index in [4.69, 9.17) is 9.47 Å². The third-order valence-corrected chi connectivity index (χ3v) is 17.1. The standard InChI is InChI=1S/C69H135NO8/c1-3-5-7-9-11-13-15-17-19-21-23-25-27-28-29-30-31-32-33-34-35-37-39-41-43-45-47-49-51-53-55-57-59-65(73)70-62(61-77-69-68(76)67(75)66(74)64(60-71)78-69)63(72)58-56-54-52-50-48-46-44-42-40-38-36-26-24-22-20-18-16-14-12-10-8-6-4-2/h28-29,62-64,66-69,71-72,74-76H,3-27,30-61H2,1-2H3,(H,70,73)/b29-28-. The number of amides is 1. The van der Waals surface area contributed by atoms with Crippen molar-refractivity contribution in [3.63, 3.8) is 0 Å². The van der Waals surface area contributed by atoms with Crippen LogP contribution in [0.15, 0.2) is 12.2 Å². The number of carbonyl (C=O) groups is 1. The first kappa shape index (κ1) is 74.9. The molecule has 1 amide bonds. The van der Waals surface area contributed by atoms with Crippen molar-refractivity contribution in [1.29, 1.82) is 0 Å². The van der Waals surface area contributed by atoms with E-state index < -0.39 is 49.5 Å². The second kappa shape index (κ2) is 59.1. The molecule has 0 aliphatic carbocycles. The average Bonchev–Trinajstić information content (AvgIpc) is 3.45. The van der Waals surface area contributed by atoms with E-state index in [9.17, 15) is 30.3 Å². The van der Waals surface area contributed by atoms with E-state index in [2.05, 4.69) is 31.3 Å². The van der Waals surface area contributed by atoms with Crippen molar-refractivity contribution < 1.29 is 39.8 Å². The number of unbranched alkanes of at least 4 members (excludes halogenated alkanes) is 50. The van der Waals surface area contributed by atoms with Gasteiger partial charge >= 0.3 is 0 Å². The molecule has 1 saturated heterocycles. The molecule has 78 heavy (non-hydrogen) atoms. The molecule has 0 radical (unpaired) electrons. The summed E-state index contributed by atoms with van der Waals surface area (Å²) in [5.74, 6) is -0.135. The van der Waals surface area contributed by atoms with Gasteiger partial charge in [0.15, 0.2) is 6.29 Å². The van der Waals surface area contributed by atoms with Gasteiger partial charge in [0.05, 0.1) is 25.4 Å². The van der Waals surface area contributed by atoms with Crippen LogP contribution in [0.4, 0.5) is 0 Å². The monoisotopic (exact) mass is 1110 g/mol. The molecule has 7 atom stereocenters. The summed E-state index contributed by atoms with van der Waals surface area (Å²) in [7, 11) is 0. The van der Waals surface area contributed by atoms with Crippen molar-refractivity contribution in [1.82, 2.24) is 5.32 Å². The number of aliphatic hydroxyl groups is 5. The molecule has 0 aromatic carbocycles. The maximum Gasteiger partial charge on any atom is 0.220 e. The van der Waals surface area contributed by atoms with E-state index in [1.165, 1.54) is 302 Å². The number of hydrogen-bond acceptors (Lipinski definition) is 8. The molecular weight excluding hydrogens is 971 g/mol. The van der Waals surface area contributed by atoms with Gasteiger partial charge in [-0.2, -0.15) is 0 Å².